The standard InChI is InChI=1S/C12H12Cl2N2O3/c1-17-8-5-9(18-2)11(14)12(10(8)13)19-6-7-3-4-15-16-7/h3-5H,6H2,1-2H3,(H,15,16). The van der Waals surface area contributed by atoms with Crippen molar-refractivity contribution in [3.63, 3.8) is 0 Å². The Morgan fingerprint density at radius 2 is 1.79 bits per heavy atom. The normalized spacial score (nSPS) is 10.3. The molecule has 7 heteroatoms. The minimum absolute atomic E-state index is 0.260. The van der Waals surface area contributed by atoms with E-state index in [9.17, 15) is 0 Å². The monoisotopic (exact) mass is 302 g/mol. The molecule has 0 unspecified atom stereocenters. The third-order valence-electron chi connectivity index (χ3n) is 2.46. The first-order valence-electron chi connectivity index (χ1n) is 5.38. The summed E-state index contributed by atoms with van der Waals surface area (Å²) < 4.78 is 15.9. The molecule has 0 aliphatic carbocycles. The second-order valence-corrected chi connectivity index (χ2v) is 4.36. The number of aromatic nitrogens is 2. The predicted octanol–water partition coefficient (Wildman–Crippen LogP) is 3.31. The van der Waals surface area contributed by atoms with Crippen molar-refractivity contribution in [3.8, 4) is 17.2 Å². The molecule has 0 aliphatic heterocycles. The van der Waals surface area contributed by atoms with Crippen LogP contribution in [0.4, 0.5) is 0 Å². The lowest BCUT2D eigenvalue weighted by Gasteiger charge is -2.14. The van der Waals surface area contributed by atoms with Crippen LogP contribution in [-0.2, 0) is 6.61 Å². The molecule has 0 aliphatic rings. The van der Waals surface area contributed by atoms with Crippen molar-refractivity contribution in [3.05, 3.63) is 34.1 Å². The van der Waals surface area contributed by atoms with Crippen LogP contribution in [0.25, 0.3) is 0 Å². The van der Waals surface area contributed by atoms with Gasteiger partial charge >= 0.3 is 0 Å². The van der Waals surface area contributed by atoms with Crippen molar-refractivity contribution in [2.75, 3.05) is 14.2 Å². The Labute approximate surface area is 120 Å². The maximum absolute atomic E-state index is 6.17. The van der Waals surface area contributed by atoms with Crippen LogP contribution >= 0.6 is 23.2 Å². The minimum Gasteiger partial charge on any atom is -0.495 e. The molecule has 0 fully saturated rings. The highest BCUT2D eigenvalue weighted by Crippen LogP contribution is 2.45. The van der Waals surface area contributed by atoms with Crippen molar-refractivity contribution >= 4 is 23.2 Å². The number of rotatable bonds is 5. The van der Waals surface area contributed by atoms with E-state index in [1.54, 1.807) is 18.3 Å². The molecule has 2 aromatic rings. The second-order valence-electron chi connectivity index (χ2n) is 3.61. The highest BCUT2D eigenvalue weighted by atomic mass is 35.5. The van der Waals surface area contributed by atoms with Gasteiger partial charge in [0.15, 0.2) is 5.75 Å². The number of halogens is 2. The van der Waals surface area contributed by atoms with Gasteiger partial charge in [0.2, 0.25) is 0 Å². The largest absolute Gasteiger partial charge is 0.495 e. The molecule has 102 valence electrons. The molecule has 1 aromatic heterocycles. The average molecular weight is 303 g/mol. The van der Waals surface area contributed by atoms with E-state index < -0.39 is 0 Å². The first kappa shape index (κ1) is 13.8. The fraction of sp³-hybridized carbons (Fsp3) is 0.250. The summed E-state index contributed by atoms with van der Waals surface area (Å²) in [6, 6.07) is 3.40. The molecule has 0 saturated carbocycles. The van der Waals surface area contributed by atoms with E-state index in [0.717, 1.165) is 5.69 Å². The zero-order chi connectivity index (χ0) is 13.8. The zero-order valence-corrected chi connectivity index (χ0v) is 11.9. The van der Waals surface area contributed by atoms with E-state index in [-0.39, 0.29) is 6.61 Å². The number of hydrogen-bond acceptors (Lipinski definition) is 4. The van der Waals surface area contributed by atoms with E-state index in [1.165, 1.54) is 14.2 Å². The summed E-state index contributed by atoms with van der Waals surface area (Å²) in [5.41, 5.74) is 0.800. The van der Waals surface area contributed by atoms with Gasteiger partial charge in [-0.25, -0.2) is 0 Å². The Bertz CT molecular complexity index is 530. The van der Waals surface area contributed by atoms with Crippen LogP contribution in [0, 0.1) is 0 Å². The molecule has 19 heavy (non-hydrogen) atoms. The number of nitrogens with zero attached hydrogens (tertiary/aromatic N) is 1. The number of benzene rings is 1. The van der Waals surface area contributed by atoms with Crippen LogP contribution in [-0.4, -0.2) is 24.4 Å². The van der Waals surface area contributed by atoms with E-state index in [1.807, 2.05) is 0 Å². The Hall–Kier alpha value is -1.59. The molecule has 0 spiro atoms. The van der Waals surface area contributed by atoms with E-state index in [0.29, 0.717) is 27.3 Å². The maximum atomic E-state index is 6.17. The molecule has 1 heterocycles. The Balaban J connectivity index is 2.31. The number of methoxy groups -OCH3 is 2. The van der Waals surface area contributed by atoms with Crippen molar-refractivity contribution in [1.29, 1.82) is 0 Å². The average Bonchev–Trinajstić information content (AvgIpc) is 2.92. The number of H-pyrrole nitrogens is 1. The third kappa shape index (κ3) is 2.88. The molecule has 0 atom stereocenters. The van der Waals surface area contributed by atoms with Gasteiger partial charge in [0, 0.05) is 12.3 Å². The number of ether oxygens (including phenoxy) is 3. The van der Waals surface area contributed by atoms with Crippen LogP contribution in [0.3, 0.4) is 0 Å². The topological polar surface area (TPSA) is 56.4 Å². The first-order valence-corrected chi connectivity index (χ1v) is 6.14. The molecule has 0 radical (unpaired) electrons. The minimum atomic E-state index is 0.260. The third-order valence-corrected chi connectivity index (χ3v) is 3.18. The highest BCUT2D eigenvalue weighted by Gasteiger charge is 2.18. The molecule has 2 rings (SSSR count). The van der Waals surface area contributed by atoms with E-state index in [4.69, 9.17) is 37.4 Å². The SMILES string of the molecule is COc1cc(OC)c(Cl)c(OCc2ccn[nH]2)c1Cl. The maximum Gasteiger partial charge on any atom is 0.164 e. The van der Waals surface area contributed by atoms with Crippen LogP contribution < -0.4 is 14.2 Å². The van der Waals surface area contributed by atoms with Gasteiger partial charge < -0.3 is 14.2 Å². The lowest BCUT2D eigenvalue weighted by molar-refractivity contribution is 0.296. The van der Waals surface area contributed by atoms with Gasteiger partial charge in [-0.05, 0) is 6.07 Å². The van der Waals surface area contributed by atoms with Crippen LogP contribution in [0.2, 0.25) is 10.0 Å². The van der Waals surface area contributed by atoms with Crippen molar-refractivity contribution in [2.45, 2.75) is 6.61 Å². The predicted molar refractivity (Wildman–Crippen MR) is 72.5 cm³/mol. The van der Waals surface area contributed by atoms with Crippen molar-refractivity contribution < 1.29 is 14.2 Å². The molecule has 1 aromatic carbocycles. The quantitative estimate of drug-likeness (QED) is 0.920. The van der Waals surface area contributed by atoms with Gasteiger partial charge in [0.05, 0.1) is 19.9 Å². The summed E-state index contributed by atoms with van der Waals surface area (Å²) in [6.45, 7) is 0.260. The molecule has 0 amide bonds. The molecular formula is C12H12Cl2N2O3. The Morgan fingerprint density at radius 1 is 1.16 bits per heavy atom. The van der Waals surface area contributed by atoms with Gasteiger partial charge in [0.25, 0.3) is 0 Å². The van der Waals surface area contributed by atoms with Crippen LogP contribution in [0.1, 0.15) is 5.69 Å². The van der Waals surface area contributed by atoms with E-state index >= 15 is 0 Å². The number of nitrogens with one attached hydrogen (secondary N) is 1. The summed E-state index contributed by atoms with van der Waals surface area (Å²) in [6.07, 6.45) is 1.63. The molecule has 0 bridgehead atoms. The van der Waals surface area contributed by atoms with E-state index in [2.05, 4.69) is 10.2 Å². The summed E-state index contributed by atoms with van der Waals surface area (Å²) in [5, 5.41) is 7.20. The fourth-order valence-electron chi connectivity index (χ4n) is 1.50. The van der Waals surface area contributed by atoms with Gasteiger partial charge in [-0.3, -0.25) is 5.10 Å². The molecule has 5 nitrogen and oxygen atoms in total. The lowest BCUT2D eigenvalue weighted by atomic mass is 10.3. The molecule has 0 saturated heterocycles. The first-order chi connectivity index (χ1) is 9.17. The summed E-state index contributed by atoms with van der Waals surface area (Å²) in [5.74, 6) is 1.18. The second kappa shape index (κ2) is 6.04. The van der Waals surface area contributed by atoms with Crippen molar-refractivity contribution in [1.82, 2.24) is 10.2 Å². The van der Waals surface area contributed by atoms with Gasteiger partial charge in [-0.2, -0.15) is 5.10 Å². The number of aromatic amines is 1. The lowest BCUT2D eigenvalue weighted by Crippen LogP contribution is -1.99. The van der Waals surface area contributed by atoms with Gasteiger partial charge in [-0.1, -0.05) is 23.2 Å². The molecule has 1 N–H and O–H groups in total. The van der Waals surface area contributed by atoms with Gasteiger partial charge in [-0.15, -0.1) is 0 Å². The summed E-state index contributed by atoms with van der Waals surface area (Å²) >= 11 is 12.3. The van der Waals surface area contributed by atoms with Crippen LogP contribution in [0.15, 0.2) is 18.3 Å². The Kier molecular flexibility index (Phi) is 4.39. The van der Waals surface area contributed by atoms with Gasteiger partial charge in [0.1, 0.15) is 28.2 Å². The zero-order valence-electron chi connectivity index (χ0n) is 10.4. The fourth-order valence-corrected chi connectivity index (χ4v) is 2.11. The van der Waals surface area contributed by atoms with Crippen LogP contribution in [0.5, 0.6) is 17.2 Å². The Morgan fingerprint density at radius 3 is 2.26 bits per heavy atom. The highest BCUT2D eigenvalue weighted by molar-refractivity contribution is 6.39. The number of hydrogen-bond donors (Lipinski definition) is 1. The smallest absolute Gasteiger partial charge is 0.164 e. The summed E-state index contributed by atoms with van der Waals surface area (Å²) in [7, 11) is 3.01. The van der Waals surface area contributed by atoms with Crippen molar-refractivity contribution in [2.24, 2.45) is 0 Å². The molecular weight excluding hydrogens is 291 g/mol. The summed E-state index contributed by atoms with van der Waals surface area (Å²) in [4.78, 5) is 0.